The second-order valence-corrected chi connectivity index (χ2v) is 3.22. The zero-order chi connectivity index (χ0) is 10.4. The third-order valence-corrected chi connectivity index (χ3v) is 1.78. The van der Waals surface area contributed by atoms with Crippen molar-refractivity contribution in [2.45, 2.75) is 27.2 Å². The van der Waals surface area contributed by atoms with Gasteiger partial charge in [-0.15, -0.1) is 0 Å². The number of aliphatic carboxylic acids is 1. The van der Waals surface area contributed by atoms with Gasteiger partial charge in [0.15, 0.2) is 0 Å². The minimum Gasteiger partial charge on any atom is -0.481 e. The molecule has 0 saturated heterocycles. The van der Waals surface area contributed by atoms with Crippen LogP contribution in [-0.2, 0) is 9.59 Å². The van der Waals surface area contributed by atoms with Crippen LogP contribution in [0, 0.1) is 5.92 Å². The van der Waals surface area contributed by atoms with Gasteiger partial charge in [-0.1, -0.05) is 13.8 Å². The third-order valence-electron chi connectivity index (χ3n) is 1.78. The minimum atomic E-state index is -0.866. The SMILES string of the molecule is CCN(CCC(=O)O)C(=O)C(C)C. The number of rotatable bonds is 5. The summed E-state index contributed by atoms with van der Waals surface area (Å²) in [6.45, 7) is 6.35. The summed E-state index contributed by atoms with van der Waals surface area (Å²) in [7, 11) is 0. The smallest absolute Gasteiger partial charge is 0.305 e. The molecule has 0 fully saturated rings. The summed E-state index contributed by atoms with van der Waals surface area (Å²) in [4.78, 5) is 23.3. The van der Waals surface area contributed by atoms with Crippen molar-refractivity contribution >= 4 is 11.9 Å². The predicted octanol–water partition coefficient (Wildman–Crippen LogP) is 0.966. The molecule has 76 valence electrons. The van der Waals surface area contributed by atoms with Gasteiger partial charge < -0.3 is 10.0 Å². The van der Waals surface area contributed by atoms with Crippen LogP contribution in [0.4, 0.5) is 0 Å². The van der Waals surface area contributed by atoms with E-state index in [0.717, 1.165) is 0 Å². The second kappa shape index (κ2) is 5.56. The maximum atomic E-state index is 11.4. The van der Waals surface area contributed by atoms with Crippen LogP contribution in [0.5, 0.6) is 0 Å². The van der Waals surface area contributed by atoms with Gasteiger partial charge in [0.25, 0.3) is 0 Å². The molecule has 0 aliphatic carbocycles. The predicted molar refractivity (Wildman–Crippen MR) is 49.3 cm³/mol. The van der Waals surface area contributed by atoms with Crippen molar-refractivity contribution in [3.8, 4) is 0 Å². The first-order valence-corrected chi connectivity index (χ1v) is 4.49. The lowest BCUT2D eigenvalue weighted by atomic mass is 10.2. The fraction of sp³-hybridized carbons (Fsp3) is 0.778. The van der Waals surface area contributed by atoms with E-state index in [1.807, 2.05) is 20.8 Å². The van der Waals surface area contributed by atoms with E-state index in [1.165, 1.54) is 0 Å². The Morgan fingerprint density at radius 1 is 1.38 bits per heavy atom. The van der Waals surface area contributed by atoms with E-state index in [1.54, 1.807) is 4.90 Å². The van der Waals surface area contributed by atoms with Crippen LogP contribution < -0.4 is 0 Å². The van der Waals surface area contributed by atoms with Crippen LogP contribution >= 0.6 is 0 Å². The average molecular weight is 187 g/mol. The molecule has 0 bridgehead atoms. The number of hydrogen-bond donors (Lipinski definition) is 1. The molecule has 0 rings (SSSR count). The van der Waals surface area contributed by atoms with Gasteiger partial charge >= 0.3 is 5.97 Å². The molecule has 13 heavy (non-hydrogen) atoms. The van der Waals surface area contributed by atoms with Crippen molar-refractivity contribution in [1.82, 2.24) is 4.90 Å². The van der Waals surface area contributed by atoms with E-state index in [-0.39, 0.29) is 18.2 Å². The first-order chi connectivity index (χ1) is 5.99. The zero-order valence-corrected chi connectivity index (χ0v) is 8.41. The highest BCUT2D eigenvalue weighted by Crippen LogP contribution is 2.01. The van der Waals surface area contributed by atoms with E-state index in [4.69, 9.17) is 5.11 Å². The fourth-order valence-electron chi connectivity index (χ4n) is 1.02. The van der Waals surface area contributed by atoms with Gasteiger partial charge in [-0.2, -0.15) is 0 Å². The Morgan fingerprint density at radius 3 is 2.23 bits per heavy atom. The van der Waals surface area contributed by atoms with Gasteiger partial charge in [-0.25, -0.2) is 0 Å². The number of hydrogen-bond acceptors (Lipinski definition) is 2. The number of carboxylic acid groups (broad SMARTS) is 1. The van der Waals surface area contributed by atoms with Crippen LogP contribution in [0.15, 0.2) is 0 Å². The largest absolute Gasteiger partial charge is 0.481 e. The Kier molecular flexibility index (Phi) is 5.11. The van der Waals surface area contributed by atoms with Crippen molar-refractivity contribution in [2.24, 2.45) is 5.92 Å². The molecule has 0 aromatic heterocycles. The molecule has 0 aromatic rings. The summed E-state index contributed by atoms with van der Waals surface area (Å²) in [6.07, 6.45) is 0.0201. The molecule has 0 spiro atoms. The van der Waals surface area contributed by atoms with E-state index in [2.05, 4.69) is 0 Å². The molecule has 0 heterocycles. The maximum Gasteiger partial charge on any atom is 0.305 e. The van der Waals surface area contributed by atoms with E-state index in [9.17, 15) is 9.59 Å². The van der Waals surface area contributed by atoms with E-state index < -0.39 is 5.97 Å². The Morgan fingerprint density at radius 2 is 1.92 bits per heavy atom. The van der Waals surface area contributed by atoms with Crippen molar-refractivity contribution in [3.05, 3.63) is 0 Å². The first-order valence-electron chi connectivity index (χ1n) is 4.49. The van der Waals surface area contributed by atoms with Crippen molar-refractivity contribution < 1.29 is 14.7 Å². The molecule has 4 heteroatoms. The molecule has 0 radical (unpaired) electrons. The molecule has 4 nitrogen and oxygen atoms in total. The van der Waals surface area contributed by atoms with Crippen LogP contribution in [0.1, 0.15) is 27.2 Å². The summed E-state index contributed by atoms with van der Waals surface area (Å²) in [5.41, 5.74) is 0. The minimum absolute atomic E-state index is 0.0174. The molecular weight excluding hydrogens is 170 g/mol. The summed E-state index contributed by atoms with van der Waals surface area (Å²) in [5, 5.41) is 8.44. The number of carboxylic acids is 1. The fourth-order valence-corrected chi connectivity index (χ4v) is 1.02. The maximum absolute atomic E-state index is 11.4. The summed E-state index contributed by atoms with van der Waals surface area (Å²) >= 11 is 0. The Balaban J connectivity index is 4.02. The zero-order valence-electron chi connectivity index (χ0n) is 8.41. The second-order valence-electron chi connectivity index (χ2n) is 3.22. The summed E-state index contributed by atoms with van der Waals surface area (Å²) < 4.78 is 0. The molecule has 0 atom stereocenters. The van der Waals surface area contributed by atoms with Crippen LogP contribution in [0.25, 0.3) is 0 Å². The topological polar surface area (TPSA) is 57.6 Å². The lowest BCUT2D eigenvalue weighted by molar-refractivity contribution is -0.139. The van der Waals surface area contributed by atoms with Crippen molar-refractivity contribution in [3.63, 3.8) is 0 Å². The monoisotopic (exact) mass is 187 g/mol. The van der Waals surface area contributed by atoms with Gasteiger partial charge in [-0.05, 0) is 6.92 Å². The molecule has 0 aromatic carbocycles. The quantitative estimate of drug-likeness (QED) is 0.697. The van der Waals surface area contributed by atoms with Crippen LogP contribution in [0.2, 0.25) is 0 Å². The highest BCUT2D eigenvalue weighted by atomic mass is 16.4. The molecular formula is C9H17NO3. The Hall–Kier alpha value is -1.06. The van der Waals surface area contributed by atoms with Gasteiger partial charge in [0.05, 0.1) is 6.42 Å². The van der Waals surface area contributed by atoms with Gasteiger partial charge in [0.2, 0.25) is 5.91 Å². The number of amides is 1. The van der Waals surface area contributed by atoms with Gasteiger partial charge in [0.1, 0.15) is 0 Å². The lowest BCUT2D eigenvalue weighted by Crippen LogP contribution is -2.35. The van der Waals surface area contributed by atoms with Gasteiger partial charge in [0, 0.05) is 19.0 Å². The van der Waals surface area contributed by atoms with Crippen molar-refractivity contribution in [1.29, 1.82) is 0 Å². The Labute approximate surface area is 78.5 Å². The molecule has 0 unspecified atom stereocenters. The van der Waals surface area contributed by atoms with Crippen LogP contribution in [-0.4, -0.2) is 35.0 Å². The molecule has 0 saturated carbocycles. The van der Waals surface area contributed by atoms with E-state index >= 15 is 0 Å². The van der Waals surface area contributed by atoms with Crippen LogP contribution in [0.3, 0.4) is 0 Å². The summed E-state index contributed by atoms with van der Waals surface area (Å²) in [5.74, 6) is -0.910. The number of nitrogens with zero attached hydrogens (tertiary/aromatic N) is 1. The Bertz CT molecular complexity index is 189. The lowest BCUT2D eigenvalue weighted by Gasteiger charge is -2.21. The molecule has 1 N–H and O–H groups in total. The van der Waals surface area contributed by atoms with E-state index in [0.29, 0.717) is 13.1 Å². The van der Waals surface area contributed by atoms with Crippen molar-refractivity contribution in [2.75, 3.05) is 13.1 Å². The normalized spacial score (nSPS) is 10.2. The first kappa shape index (κ1) is 11.9. The summed E-state index contributed by atoms with van der Waals surface area (Å²) in [6, 6.07) is 0. The molecule has 0 aliphatic heterocycles. The average Bonchev–Trinajstić information content (AvgIpc) is 2.04. The highest BCUT2D eigenvalue weighted by molar-refractivity contribution is 5.78. The number of carbonyl (C=O) groups excluding carboxylic acids is 1. The molecule has 1 amide bonds. The third kappa shape index (κ3) is 4.50. The van der Waals surface area contributed by atoms with Gasteiger partial charge in [-0.3, -0.25) is 9.59 Å². The standard InChI is InChI=1S/C9H17NO3/c1-4-10(6-5-8(11)12)9(13)7(2)3/h7H,4-6H2,1-3H3,(H,11,12). The number of carbonyl (C=O) groups is 2. The highest BCUT2D eigenvalue weighted by Gasteiger charge is 2.15. The molecule has 0 aliphatic rings.